The molecule has 3 aromatic carbocycles. The zero-order valence-corrected chi connectivity index (χ0v) is 20.0. The molecule has 0 radical (unpaired) electrons. The summed E-state index contributed by atoms with van der Waals surface area (Å²) in [5.41, 5.74) is 6.73. The van der Waals surface area contributed by atoms with E-state index in [0.29, 0.717) is 5.41 Å². The van der Waals surface area contributed by atoms with E-state index >= 15 is 0 Å². The van der Waals surface area contributed by atoms with Crippen LogP contribution in [-0.2, 0) is 6.42 Å². The Morgan fingerprint density at radius 2 is 1.47 bits per heavy atom. The second kappa shape index (κ2) is 7.08. The van der Waals surface area contributed by atoms with E-state index in [0.717, 1.165) is 12.1 Å². The zero-order valence-electron chi connectivity index (χ0n) is 18.3. The van der Waals surface area contributed by atoms with E-state index in [4.69, 9.17) is 4.98 Å². The molecule has 0 N–H and O–H groups in total. The van der Waals surface area contributed by atoms with Crippen LogP contribution in [0.1, 0.15) is 37.5 Å². The first kappa shape index (κ1) is 19.5. The first-order chi connectivity index (χ1) is 14.3. The fourth-order valence-electron chi connectivity index (χ4n) is 4.58. The molecule has 2 aromatic heterocycles. The quantitative estimate of drug-likeness (QED) is 0.251. The van der Waals surface area contributed by atoms with Crippen molar-refractivity contribution in [3.05, 3.63) is 77.5 Å². The Labute approximate surface area is 184 Å². The second-order valence-corrected chi connectivity index (χ2v) is 11.9. The van der Waals surface area contributed by atoms with Gasteiger partial charge in [0, 0.05) is 0 Å². The van der Waals surface area contributed by atoms with Crippen LogP contribution in [0.25, 0.3) is 41.3 Å². The Morgan fingerprint density at radius 1 is 0.767 bits per heavy atom. The first-order valence-electron chi connectivity index (χ1n) is 10.6. The predicted molar refractivity (Wildman–Crippen MR) is 132 cm³/mol. The maximum atomic E-state index is 4.84. The topological polar surface area (TPSA) is 12.9 Å². The van der Waals surface area contributed by atoms with Crippen LogP contribution < -0.4 is 0 Å². The van der Waals surface area contributed by atoms with Crippen LogP contribution in [0.15, 0.2) is 60.8 Å². The van der Waals surface area contributed by atoms with Crippen LogP contribution in [0.3, 0.4) is 0 Å². The standard InChI is InChI=1S/C28H27NSe/c1-17-12-18(2)14-21(13-17)25-27-24(10-11-29-25)23-9-7-20-15-19(16-28(3,4)5)6-8-22(20)26(23)30-27/h6-15H,16H2,1-5H3. The molecular weight excluding hydrogens is 429 g/mol. The number of aromatic nitrogens is 1. The summed E-state index contributed by atoms with van der Waals surface area (Å²) in [6.45, 7) is 11.3. The van der Waals surface area contributed by atoms with Crippen LogP contribution in [0.4, 0.5) is 0 Å². The summed E-state index contributed by atoms with van der Waals surface area (Å²) in [5, 5.41) is 5.54. The van der Waals surface area contributed by atoms with Crippen LogP contribution >= 0.6 is 0 Å². The van der Waals surface area contributed by atoms with Gasteiger partial charge in [-0.1, -0.05) is 0 Å². The summed E-state index contributed by atoms with van der Waals surface area (Å²) in [7, 11) is 0. The van der Waals surface area contributed by atoms with Crippen LogP contribution in [0, 0.1) is 19.3 Å². The minimum absolute atomic E-state index is 0.261. The number of hydrogen-bond donors (Lipinski definition) is 0. The molecule has 0 saturated carbocycles. The van der Waals surface area contributed by atoms with Gasteiger partial charge >= 0.3 is 185 Å². The molecule has 0 bridgehead atoms. The van der Waals surface area contributed by atoms with Gasteiger partial charge in [0.15, 0.2) is 0 Å². The Morgan fingerprint density at radius 3 is 2.20 bits per heavy atom. The maximum absolute atomic E-state index is 4.84. The van der Waals surface area contributed by atoms with E-state index in [2.05, 4.69) is 89.2 Å². The monoisotopic (exact) mass is 457 g/mol. The fraction of sp³-hybridized carbons (Fsp3) is 0.250. The van der Waals surface area contributed by atoms with Crippen LogP contribution in [-0.4, -0.2) is 19.5 Å². The molecule has 30 heavy (non-hydrogen) atoms. The number of benzene rings is 3. The molecule has 2 heterocycles. The summed E-state index contributed by atoms with van der Waals surface area (Å²) in [5.74, 6) is 0. The van der Waals surface area contributed by atoms with Crippen molar-refractivity contribution >= 4 is 44.6 Å². The Hall–Kier alpha value is -2.41. The van der Waals surface area contributed by atoms with Crippen molar-refractivity contribution in [3.63, 3.8) is 0 Å². The zero-order chi connectivity index (χ0) is 21.0. The summed E-state index contributed by atoms with van der Waals surface area (Å²) in [6, 6.07) is 20.7. The van der Waals surface area contributed by atoms with Crippen molar-refractivity contribution in [1.82, 2.24) is 4.98 Å². The molecule has 0 atom stereocenters. The number of rotatable bonds is 2. The number of nitrogens with zero attached hydrogens (tertiary/aromatic N) is 1. The molecule has 0 unspecified atom stereocenters. The third kappa shape index (κ3) is 3.49. The van der Waals surface area contributed by atoms with Crippen molar-refractivity contribution < 1.29 is 0 Å². The molecule has 0 amide bonds. The van der Waals surface area contributed by atoms with Crippen LogP contribution in [0.5, 0.6) is 0 Å². The van der Waals surface area contributed by atoms with Gasteiger partial charge in [-0.05, 0) is 0 Å². The van der Waals surface area contributed by atoms with Gasteiger partial charge in [-0.15, -0.1) is 0 Å². The van der Waals surface area contributed by atoms with E-state index in [9.17, 15) is 0 Å². The van der Waals surface area contributed by atoms with Crippen molar-refractivity contribution in [3.8, 4) is 11.3 Å². The normalized spacial score (nSPS) is 12.3. The minimum atomic E-state index is 0.261. The van der Waals surface area contributed by atoms with Gasteiger partial charge in [-0.2, -0.15) is 0 Å². The summed E-state index contributed by atoms with van der Waals surface area (Å²) < 4.78 is 2.94. The number of hydrogen-bond acceptors (Lipinski definition) is 1. The van der Waals surface area contributed by atoms with Gasteiger partial charge in [0.25, 0.3) is 0 Å². The van der Waals surface area contributed by atoms with Crippen molar-refractivity contribution in [2.45, 2.75) is 41.0 Å². The molecule has 1 nitrogen and oxygen atoms in total. The molecule has 0 aliphatic heterocycles. The van der Waals surface area contributed by atoms with Gasteiger partial charge in [0.2, 0.25) is 0 Å². The molecular formula is C28H27NSe. The van der Waals surface area contributed by atoms with Crippen LogP contribution in [0.2, 0.25) is 0 Å². The average molecular weight is 456 g/mol. The Balaban J connectivity index is 1.75. The van der Waals surface area contributed by atoms with Crippen molar-refractivity contribution in [1.29, 1.82) is 0 Å². The summed E-state index contributed by atoms with van der Waals surface area (Å²) >= 11 is 0.261. The van der Waals surface area contributed by atoms with E-state index in [1.54, 1.807) is 0 Å². The molecule has 5 aromatic rings. The molecule has 0 spiro atoms. The molecule has 0 aliphatic carbocycles. The van der Waals surface area contributed by atoms with Gasteiger partial charge in [0.05, 0.1) is 0 Å². The summed E-state index contributed by atoms with van der Waals surface area (Å²) in [6.07, 6.45) is 3.08. The number of fused-ring (bicyclic) bond motifs is 5. The van der Waals surface area contributed by atoms with Crippen molar-refractivity contribution in [2.75, 3.05) is 0 Å². The third-order valence-electron chi connectivity index (χ3n) is 5.66. The van der Waals surface area contributed by atoms with E-state index in [-0.39, 0.29) is 14.5 Å². The van der Waals surface area contributed by atoms with Gasteiger partial charge in [0.1, 0.15) is 0 Å². The Kier molecular flexibility index (Phi) is 4.61. The van der Waals surface area contributed by atoms with E-state index in [1.165, 1.54) is 52.3 Å². The Bertz CT molecular complexity index is 1400. The molecule has 0 saturated heterocycles. The molecule has 0 fully saturated rings. The molecule has 2 heteroatoms. The average Bonchev–Trinajstić information content (AvgIpc) is 3.04. The van der Waals surface area contributed by atoms with Gasteiger partial charge in [-0.25, -0.2) is 0 Å². The number of pyridine rings is 1. The fourth-order valence-corrected chi connectivity index (χ4v) is 7.40. The third-order valence-corrected chi connectivity index (χ3v) is 8.31. The summed E-state index contributed by atoms with van der Waals surface area (Å²) in [4.78, 5) is 4.84. The first-order valence-corrected chi connectivity index (χ1v) is 12.3. The number of aryl methyl sites for hydroxylation is 2. The van der Waals surface area contributed by atoms with Crippen molar-refractivity contribution in [2.24, 2.45) is 5.41 Å². The predicted octanol–water partition coefficient (Wildman–Crippen LogP) is 7.47. The van der Waals surface area contributed by atoms with E-state index < -0.39 is 0 Å². The van der Waals surface area contributed by atoms with Gasteiger partial charge in [-0.3, -0.25) is 0 Å². The molecule has 5 rings (SSSR count). The second-order valence-electron chi connectivity index (χ2n) is 9.75. The van der Waals surface area contributed by atoms with Gasteiger partial charge < -0.3 is 0 Å². The molecule has 0 aliphatic rings. The van der Waals surface area contributed by atoms with E-state index in [1.807, 2.05) is 6.20 Å². The molecule has 150 valence electrons. The SMILES string of the molecule is Cc1cc(C)cc(-c2nccc3c2[se]c2c4ccc(CC(C)(C)C)cc4ccc32)c1.